The molecule has 0 fully saturated rings. The molecule has 2 amide bonds. The molecule has 2 aromatic rings. The quantitative estimate of drug-likeness (QED) is 0.306. The zero-order valence-electron chi connectivity index (χ0n) is 14.5. The molecule has 0 saturated carbocycles. The minimum absolute atomic E-state index is 0.00512. The van der Waals surface area contributed by atoms with E-state index < -0.39 is 10.8 Å². The third kappa shape index (κ3) is 7.21. The molecule has 0 aliphatic heterocycles. The van der Waals surface area contributed by atoms with E-state index in [-0.39, 0.29) is 33.9 Å². The lowest BCUT2D eigenvalue weighted by Gasteiger charge is -2.11. The highest BCUT2D eigenvalue weighted by atomic mass is 32.2. The van der Waals surface area contributed by atoms with Gasteiger partial charge in [-0.05, 0) is 30.4 Å². The maximum absolute atomic E-state index is 11.8. The van der Waals surface area contributed by atoms with Gasteiger partial charge in [0.25, 0.3) is 5.69 Å². The van der Waals surface area contributed by atoms with Crippen molar-refractivity contribution in [2.75, 3.05) is 22.1 Å². The number of para-hydroxylation sites is 3. The van der Waals surface area contributed by atoms with E-state index >= 15 is 0 Å². The van der Waals surface area contributed by atoms with Crippen LogP contribution in [0.2, 0.25) is 0 Å². The van der Waals surface area contributed by atoms with Crippen LogP contribution >= 0.6 is 24.0 Å². The topological polar surface area (TPSA) is 125 Å². The maximum atomic E-state index is 11.8. The number of hydrazine groups is 1. The van der Waals surface area contributed by atoms with E-state index in [0.29, 0.717) is 5.69 Å². The van der Waals surface area contributed by atoms with Crippen LogP contribution in [-0.4, -0.2) is 33.4 Å². The molecule has 0 aliphatic rings. The molecule has 0 bridgehead atoms. The van der Waals surface area contributed by atoms with Gasteiger partial charge in [0.2, 0.25) is 11.8 Å². The van der Waals surface area contributed by atoms with E-state index in [2.05, 4.69) is 21.5 Å². The molecule has 146 valence electrons. The molecule has 0 heterocycles. The van der Waals surface area contributed by atoms with Crippen molar-refractivity contribution < 1.29 is 14.5 Å². The SMILES string of the molecule is O=C(CSCC(=O)Nc1ccccc1)NNC(=S)Nc1ccccc1[N+](=O)[O-]. The van der Waals surface area contributed by atoms with Crippen molar-refractivity contribution in [2.45, 2.75) is 0 Å². The van der Waals surface area contributed by atoms with E-state index in [9.17, 15) is 19.7 Å². The highest BCUT2D eigenvalue weighted by Crippen LogP contribution is 2.22. The Morgan fingerprint density at radius 1 is 0.929 bits per heavy atom. The highest BCUT2D eigenvalue weighted by molar-refractivity contribution is 8.00. The first-order chi connectivity index (χ1) is 13.5. The molecular weight excluding hydrogens is 402 g/mol. The summed E-state index contributed by atoms with van der Waals surface area (Å²) >= 11 is 6.13. The number of carbonyl (C=O) groups is 2. The van der Waals surface area contributed by atoms with Crippen LogP contribution in [-0.2, 0) is 9.59 Å². The van der Waals surface area contributed by atoms with E-state index in [1.54, 1.807) is 18.2 Å². The number of nitrogens with one attached hydrogen (secondary N) is 4. The van der Waals surface area contributed by atoms with Gasteiger partial charge in [-0.25, -0.2) is 0 Å². The molecule has 0 unspecified atom stereocenters. The zero-order chi connectivity index (χ0) is 20.4. The average molecular weight is 419 g/mol. The number of amides is 2. The number of nitro benzene ring substituents is 1. The first kappa shape index (κ1) is 21.1. The molecule has 4 N–H and O–H groups in total. The minimum atomic E-state index is -0.541. The van der Waals surface area contributed by atoms with Gasteiger partial charge < -0.3 is 10.6 Å². The predicted molar refractivity (Wildman–Crippen MR) is 113 cm³/mol. The fourth-order valence-corrected chi connectivity index (χ4v) is 2.79. The molecule has 0 saturated heterocycles. The number of nitrogens with zero attached hydrogens (tertiary/aromatic N) is 1. The first-order valence-electron chi connectivity index (χ1n) is 7.97. The molecule has 0 aliphatic carbocycles. The van der Waals surface area contributed by atoms with Crippen molar-refractivity contribution in [3.8, 4) is 0 Å². The van der Waals surface area contributed by atoms with Gasteiger partial charge in [0, 0.05) is 11.8 Å². The zero-order valence-corrected chi connectivity index (χ0v) is 16.1. The second kappa shape index (κ2) is 10.8. The van der Waals surface area contributed by atoms with Gasteiger partial charge in [0.15, 0.2) is 5.11 Å². The summed E-state index contributed by atoms with van der Waals surface area (Å²) in [5.41, 5.74) is 5.56. The van der Waals surface area contributed by atoms with Crippen molar-refractivity contribution in [1.29, 1.82) is 0 Å². The summed E-state index contributed by atoms with van der Waals surface area (Å²) in [4.78, 5) is 34.0. The molecule has 9 nitrogen and oxygen atoms in total. The van der Waals surface area contributed by atoms with Crippen LogP contribution in [0.25, 0.3) is 0 Å². The van der Waals surface area contributed by atoms with Crippen molar-refractivity contribution in [3.63, 3.8) is 0 Å². The van der Waals surface area contributed by atoms with E-state index in [1.807, 2.05) is 18.2 Å². The Morgan fingerprint density at radius 2 is 1.57 bits per heavy atom. The maximum Gasteiger partial charge on any atom is 0.292 e. The van der Waals surface area contributed by atoms with E-state index in [0.717, 1.165) is 11.8 Å². The van der Waals surface area contributed by atoms with Crippen molar-refractivity contribution >= 4 is 58.0 Å². The molecule has 0 radical (unpaired) electrons. The van der Waals surface area contributed by atoms with E-state index in [1.165, 1.54) is 18.2 Å². The van der Waals surface area contributed by atoms with Crippen LogP contribution < -0.4 is 21.5 Å². The normalized spacial score (nSPS) is 9.86. The average Bonchev–Trinajstić information content (AvgIpc) is 2.67. The van der Waals surface area contributed by atoms with Gasteiger partial charge in [-0.3, -0.25) is 30.6 Å². The number of benzene rings is 2. The summed E-state index contributed by atoms with van der Waals surface area (Å²) in [7, 11) is 0. The van der Waals surface area contributed by atoms with Crippen LogP contribution in [0.1, 0.15) is 0 Å². The Morgan fingerprint density at radius 3 is 2.29 bits per heavy atom. The molecule has 2 aromatic carbocycles. The van der Waals surface area contributed by atoms with Gasteiger partial charge >= 0.3 is 0 Å². The molecule has 0 atom stereocenters. The molecule has 0 aromatic heterocycles. The summed E-state index contributed by atoms with van der Waals surface area (Å²) in [5.74, 6) is -0.473. The number of rotatable bonds is 7. The number of thioether (sulfide) groups is 1. The van der Waals surface area contributed by atoms with Gasteiger partial charge in [-0.2, -0.15) is 0 Å². The summed E-state index contributed by atoms with van der Waals surface area (Å²) < 4.78 is 0. The fourth-order valence-electron chi connectivity index (χ4n) is 2.01. The lowest BCUT2D eigenvalue weighted by Crippen LogP contribution is -2.44. The molecule has 11 heteroatoms. The van der Waals surface area contributed by atoms with Gasteiger partial charge in [-0.1, -0.05) is 30.3 Å². The van der Waals surface area contributed by atoms with Crippen molar-refractivity contribution in [3.05, 3.63) is 64.7 Å². The monoisotopic (exact) mass is 419 g/mol. The van der Waals surface area contributed by atoms with E-state index in [4.69, 9.17) is 12.2 Å². The Labute approximate surface area is 170 Å². The Balaban J connectivity index is 1.67. The molecule has 2 rings (SSSR count). The van der Waals surface area contributed by atoms with Gasteiger partial charge in [0.05, 0.1) is 16.4 Å². The molecule has 28 heavy (non-hydrogen) atoms. The largest absolute Gasteiger partial charge is 0.326 e. The van der Waals surface area contributed by atoms with Crippen LogP contribution in [0, 0.1) is 10.1 Å². The number of thiocarbonyl (C=S) groups is 1. The predicted octanol–water partition coefficient (Wildman–Crippen LogP) is 2.28. The van der Waals surface area contributed by atoms with Gasteiger partial charge in [-0.15, -0.1) is 11.8 Å². The number of anilines is 2. The second-order valence-electron chi connectivity index (χ2n) is 5.31. The Bertz CT molecular complexity index is 864. The summed E-state index contributed by atoms with van der Waals surface area (Å²) in [5, 5.41) is 16.3. The Kier molecular flexibility index (Phi) is 8.18. The van der Waals surface area contributed by atoms with Crippen LogP contribution in [0.3, 0.4) is 0 Å². The lowest BCUT2D eigenvalue weighted by molar-refractivity contribution is -0.383. The summed E-state index contributed by atoms with van der Waals surface area (Å²) in [6.45, 7) is 0. The number of nitro groups is 1. The smallest absolute Gasteiger partial charge is 0.292 e. The molecular formula is C17H17N5O4S2. The summed E-state index contributed by atoms with van der Waals surface area (Å²) in [6.07, 6.45) is 0. The third-order valence-electron chi connectivity index (χ3n) is 3.19. The standard InChI is InChI=1S/C17H17N5O4S2/c23-15(18-12-6-2-1-3-7-12)10-28-11-16(24)20-21-17(27)19-13-8-4-5-9-14(13)22(25)26/h1-9H,10-11H2,(H,18,23)(H,20,24)(H2,19,21,27). The third-order valence-corrected chi connectivity index (χ3v) is 4.33. The first-order valence-corrected chi connectivity index (χ1v) is 9.54. The lowest BCUT2D eigenvalue weighted by atomic mass is 10.3. The number of hydrogen-bond acceptors (Lipinski definition) is 6. The number of carbonyl (C=O) groups excluding carboxylic acids is 2. The minimum Gasteiger partial charge on any atom is -0.326 e. The van der Waals surface area contributed by atoms with Crippen LogP contribution in [0.5, 0.6) is 0 Å². The van der Waals surface area contributed by atoms with Crippen molar-refractivity contribution in [1.82, 2.24) is 10.9 Å². The highest BCUT2D eigenvalue weighted by Gasteiger charge is 2.13. The second-order valence-corrected chi connectivity index (χ2v) is 6.70. The van der Waals surface area contributed by atoms with Crippen LogP contribution in [0.4, 0.5) is 17.1 Å². The van der Waals surface area contributed by atoms with Gasteiger partial charge in [0.1, 0.15) is 5.69 Å². The van der Waals surface area contributed by atoms with Crippen molar-refractivity contribution in [2.24, 2.45) is 0 Å². The number of hydrogen-bond donors (Lipinski definition) is 4. The Hall–Kier alpha value is -3.18. The molecule has 0 spiro atoms. The summed E-state index contributed by atoms with van der Waals surface area (Å²) in [6, 6.07) is 15.0. The van der Waals surface area contributed by atoms with Crippen LogP contribution in [0.15, 0.2) is 54.6 Å². The fraction of sp³-hybridized carbons (Fsp3) is 0.118.